The second kappa shape index (κ2) is 5.21. The van der Waals surface area contributed by atoms with Crippen LogP contribution in [0, 0.1) is 0 Å². The maximum Gasteiger partial charge on any atom is 0.250 e. The summed E-state index contributed by atoms with van der Waals surface area (Å²) in [6.45, 7) is 0. The molecule has 0 fully saturated rings. The Labute approximate surface area is 129 Å². The van der Waals surface area contributed by atoms with Crippen LogP contribution < -0.4 is 10.5 Å². The molecule has 0 atom stereocenters. The number of amides is 1. The van der Waals surface area contributed by atoms with E-state index in [9.17, 15) is 4.79 Å². The lowest BCUT2D eigenvalue weighted by atomic mass is 10.1. The van der Waals surface area contributed by atoms with Gasteiger partial charge in [0.05, 0.1) is 18.2 Å². The van der Waals surface area contributed by atoms with Crippen molar-refractivity contribution in [3.63, 3.8) is 0 Å². The van der Waals surface area contributed by atoms with Crippen LogP contribution >= 0.6 is 15.9 Å². The Morgan fingerprint density at radius 2 is 2.14 bits per heavy atom. The molecule has 0 unspecified atom stereocenters. The first kappa shape index (κ1) is 13.6. The molecule has 0 saturated heterocycles. The molecular weight excluding hydrogens is 334 g/mol. The Hall–Kier alpha value is -2.34. The second-order valence-corrected chi connectivity index (χ2v) is 5.37. The third-order valence-electron chi connectivity index (χ3n) is 3.26. The van der Waals surface area contributed by atoms with E-state index >= 15 is 0 Å². The lowest BCUT2D eigenvalue weighted by Gasteiger charge is -2.00. The van der Waals surface area contributed by atoms with Crippen LogP contribution in [0.2, 0.25) is 0 Å². The summed E-state index contributed by atoms with van der Waals surface area (Å²) in [5.74, 6) is 0.0858. The number of primary amides is 1. The zero-order valence-corrected chi connectivity index (χ0v) is 12.8. The molecule has 3 N–H and O–H groups in total. The number of nitrogens with zero attached hydrogens (tertiary/aromatic N) is 1. The molecule has 0 aliphatic carbocycles. The molecule has 6 heteroatoms. The Bertz CT molecular complexity index is 825. The number of carbonyl (C=O) groups excluding carboxylic acids is 1. The van der Waals surface area contributed by atoms with Gasteiger partial charge in [-0.3, -0.25) is 4.79 Å². The molecular formula is C15H12BrN3O2. The van der Waals surface area contributed by atoms with E-state index in [4.69, 9.17) is 10.5 Å². The summed E-state index contributed by atoms with van der Waals surface area (Å²) in [6, 6.07) is 9.14. The van der Waals surface area contributed by atoms with E-state index in [1.54, 1.807) is 25.4 Å². The van der Waals surface area contributed by atoms with Gasteiger partial charge in [-0.1, -0.05) is 15.9 Å². The third kappa shape index (κ3) is 2.38. The summed E-state index contributed by atoms with van der Waals surface area (Å²) in [5.41, 5.74) is 8.34. The van der Waals surface area contributed by atoms with Gasteiger partial charge in [-0.05, 0) is 24.3 Å². The average Bonchev–Trinajstić information content (AvgIpc) is 2.93. The minimum absolute atomic E-state index is 0.459. The molecule has 5 nitrogen and oxygen atoms in total. The summed E-state index contributed by atoms with van der Waals surface area (Å²) in [7, 11) is 1.57. The molecule has 1 amide bonds. The molecule has 0 aliphatic heterocycles. The minimum atomic E-state index is -0.464. The van der Waals surface area contributed by atoms with Gasteiger partial charge >= 0.3 is 0 Å². The Balaban J connectivity index is 2.17. The third-order valence-corrected chi connectivity index (χ3v) is 3.95. The smallest absolute Gasteiger partial charge is 0.250 e. The highest BCUT2D eigenvalue weighted by Gasteiger charge is 2.13. The number of rotatable bonds is 3. The van der Waals surface area contributed by atoms with Crippen molar-refractivity contribution in [1.82, 2.24) is 9.97 Å². The first-order valence-corrected chi connectivity index (χ1v) is 7.01. The van der Waals surface area contributed by atoms with E-state index in [0.717, 1.165) is 21.1 Å². The summed E-state index contributed by atoms with van der Waals surface area (Å²) in [6.07, 6.45) is 1.71. The number of nitrogens with two attached hydrogens (primary N) is 1. The molecule has 2 heterocycles. The van der Waals surface area contributed by atoms with Crippen LogP contribution in [0.1, 0.15) is 10.4 Å². The topological polar surface area (TPSA) is 81.0 Å². The van der Waals surface area contributed by atoms with E-state index in [0.29, 0.717) is 17.0 Å². The number of aromatic amines is 1. The Morgan fingerprint density at radius 3 is 2.76 bits per heavy atom. The van der Waals surface area contributed by atoms with E-state index in [1.165, 1.54) is 0 Å². The number of hydrogen-bond donors (Lipinski definition) is 2. The van der Waals surface area contributed by atoms with Crippen LogP contribution in [0.4, 0.5) is 0 Å². The number of methoxy groups -OCH3 is 1. The fourth-order valence-electron chi connectivity index (χ4n) is 2.21. The van der Waals surface area contributed by atoms with Crippen LogP contribution in [0.5, 0.6) is 5.88 Å². The lowest BCUT2D eigenvalue weighted by Crippen LogP contribution is -2.11. The molecule has 21 heavy (non-hydrogen) atoms. The first-order valence-electron chi connectivity index (χ1n) is 6.21. The van der Waals surface area contributed by atoms with Crippen LogP contribution in [-0.4, -0.2) is 23.0 Å². The quantitative estimate of drug-likeness (QED) is 0.765. The van der Waals surface area contributed by atoms with Crippen molar-refractivity contribution in [2.45, 2.75) is 0 Å². The predicted octanol–water partition coefficient (Wildman–Crippen LogP) is 3.10. The van der Waals surface area contributed by atoms with E-state index in [-0.39, 0.29) is 0 Å². The van der Waals surface area contributed by atoms with Gasteiger partial charge < -0.3 is 15.5 Å². The highest BCUT2D eigenvalue weighted by atomic mass is 79.9. The Kier molecular flexibility index (Phi) is 3.39. The standard InChI is InChI=1S/C15H12BrN3O2/c1-21-13-5-2-8(7-18-13)12-6-10-11(16)4-3-9(15(17)20)14(10)19-12/h2-7,19H,1H3,(H2,17,20). The number of nitrogens with one attached hydrogen (secondary N) is 1. The zero-order valence-electron chi connectivity index (χ0n) is 11.2. The van der Waals surface area contributed by atoms with Crippen LogP contribution in [-0.2, 0) is 0 Å². The van der Waals surface area contributed by atoms with Gasteiger partial charge in [0, 0.05) is 33.4 Å². The summed E-state index contributed by atoms with van der Waals surface area (Å²) in [4.78, 5) is 18.9. The lowest BCUT2D eigenvalue weighted by molar-refractivity contribution is 0.100. The zero-order chi connectivity index (χ0) is 15.0. The first-order chi connectivity index (χ1) is 10.1. The van der Waals surface area contributed by atoms with Gasteiger partial charge in [-0.25, -0.2) is 4.98 Å². The number of hydrogen-bond acceptors (Lipinski definition) is 3. The fourth-order valence-corrected chi connectivity index (χ4v) is 2.65. The van der Waals surface area contributed by atoms with Gasteiger partial charge in [-0.15, -0.1) is 0 Å². The van der Waals surface area contributed by atoms with Gasteiger partial charge in [0.2, 0.25) is 5.88 Å². The van der Waals surface area contributed by atoms with Crippen molar-refractivity contribution < 1.29 is 9.53 Å². The molecule has 3 rings (SSSR count). The summed E-state index contributed by atoms with van der Waals surface area (Å²) >= 11 is 3.48. The maximum atomic E-state index is 11.5. The largest absolute Gasteiger partial charge is 0.481 e. The Morgan fingerprint density at radius 1 is 1.33 bits per heavy atom. The number of pyridine rings is 1. The number of halogens is 1. The number of ether oxygens (including phenoxy) is 1. The van der Waals surface area contributed by atoms with Crippen molar-refractivity contribution in [3.8, 4) is 17.1 Å². The summed E-state index contributed by atoms with van der Waals surface area (Å²) < 4.78 is 5.94. The molecule has 0 saturated carbocycles. The number of carbonyl (C=O) groups is 1. The molecule has 1 aromatic carbocycles. The number of benzene rings is 1. The highest BCUT2D eigenvalue weighted by molar-refractivity contribution is 9.10. The number of fused-ring (bicyclic) bond motifs is 1. The molecule has 0 radical (unpaired) electrons. The molecule has 3 aromatic rings. The monoisotopic (exact) mass is 345 g/mol. The van der Waals surface area contributed by atoms with E-state index in [1.807, 2.05) is 18.2 Å². The molecule has 106 valence electrons. The van der Waals surface area contributed by atoms with Crippen LogP contribution in [0.15, 0.2) is 41.0 Å². The summed E-state index contributed by atoms with van der Waals surface area (Å²) in [5, 5.41) is 0.900. The van der Waals surface area contributed by atoms with E-state index in [2.05, 4.69) is 25.9 Å². The predicted molar refractivity (Wildman–Crippen MR) is 84.3 cm³/mol. The number of aromatic nitrogens is 2. The van der Waals surface area contributed by atoms with Crippen molar-refractivity contribution in [2.24, 2.45) is 5.73 Å². The molecule has 0 spiro atoms. The normalized spacial score (nSPS) is 10.8. The van der Waals surface area contributed by atoms with Gasteiger partial charge in [0.1, 0.15) is 0 Å². The van der Waals surface area contributed by atoms with Crippen molar-refractivity contribution in [2.75, 3.05) is 7.11 Å². The highest BCUT2D eigenvalue weighted by Crippen LogP contribution is 2.31. The SMILES string of the molecule is COc1ccc(-c2cc3c(Br)ccc(C(N)=O)c3[nH]2)cn1. The van der Waals surface area contributed by atoms with Gasteiger partial charge in [0.15, 0.2) is 0 Å². The maximum absolute atomic E-state index is 11.5. The van der Waals surface area contributed by atoms with Crippen molar-refractivity contribution in [1.29, 1.82) is 0 Å². The minimum Gasteiger partial charge on any atom is -0.481 e. The molecule has 0 bridgehead atoms. The van der Waals surface area contributed by atoms with Crippen LogP contribution in [0.3, 0.4) is 0 Å². The van der Waals surface area contributed by atoms with Gasteiger partial charge in [-0.2, -0.15) is 0 Å². The van der Waals surface area contributed by atoms with Crippen molar-refractivity contribution >= 4 is 32.7 Å². The van der Waals surface area contributed by atoms with E-state index < -0.39 is 5.91 Å². The van der Waals surface area contributed by atoms with Crippen molar-refractivity contribution in [3.05, 3.63) is 46.6 Å². The average molecular weight is 346 g/mol. The van der Waals surface area contributed by atoms with Crippen LogP contribution in [0.25, 0.3) is 22.2 Å². The fraction of sp³-hybridized carbons (Fsp3) is 0.0667. The number of H-pyrrole nitrogens is 1. The molecule has 2 aromatic heterocycles. The second-order valence-electron chi connectivity index (χ2n) is 4.52. The van der Waals surface area contributed by atoms with Gasteiger partial charge in [0.25, 0.3) is 5.91 Å². The molecule has 0 aliphatic rings.